The highest BCUT2D eigenvalue weighted by Crippen LogP contribution is 2.44. The molecule has 0 radical (unpaired) electrons. The Morgan fingerprint density at radius 2 is 1.98 bits per heavy atom. The van der Waals surface area contributed by atoms with Gasteiger partial charge in [0.2, 0.25) is 0 Å². The van der Waals surface area contributed by atoms with Crippen LogP contribution in [0.25, 0.3) is 0 Å². The molecule has 3 aliphatic heterocycles. The van der Waals surface area contributed by atoms with E-state index in [0.29, 0.717) is 56.2 Å². The van der Waals surface area contributed by atoms with Crippen molar-refractivity contribution in [3.8, 4) is 5.75 Å². The van der Waals surface area contributed by atoms with Crippen molar-refractivity contribution < 1.29 is 31.8 Å². The molecule has 3 aromatic rings. The standard InChI is InChI=1S/C30H33F4N5O3/c1-4-42-23-10-20(29(15-41-16-29)12-27-36-35-17-37(27)3)9-22(11-23)39-14-25-24(28(39)40)7-19(8-26(25)30(32,33)34)18(2)38-6-5-21(31)13-38/h7-11,17-18,21H,4-6,12-16H2,1-3H3/t18?,21-/m0/s1. The number of carbonyl (C=O) groups is 1. The number of benzene rings is 2. The average Bonchev–Trinajstić information content (AvgIpc) is 3.63. The van der Waals surface area contributed by atoms with Crippen molar-refractivity contribution in [2.45, 2.75) is 57.0 Å². The quantitative estimate of drug-likeness (QED) is 0.345. The molecule has 0 aliphatic carbocycles. The highest BCUT2D eigenvalue weighted by atomic mass is 19.4. The molecule has 224 valence electrons. The van der Waals surface area contributed by atoms with Crippen LogP contribution in [0, 0.1) is 0 Å². The van der Waals surface area contributed by atoms with E-state index in [1.807, 2.05) is 35.6 Å². The molecule has 0 N–H and O–H groups in total. The number of amides is 1. The summed E-state index contributed by atoms with van der Waals surface area (Å²) < 4.78 is 70.3. The van der Waals surface area contributed by atoms with E-state index >= 15 is 0 Å². The average molecular weight is 588 g/mol. The van der Waals surface area contributed by atoms with Crippen LogP contribution in [-0.4, -0.2) is 64.7 Å². The summed E-state index contributed by atoms with van der Waals surface area (Å²) in [4.78, 5) is 17.0. The maximum atomic E-state index is 14.4. The van der Waals surface area contributed by atoms with Crippen molar-refractivity contribution in [2.75, 3.05) is 37.8 Å². The first-order chi connectivity index (χ1) is 20.0. The predicted octanol–water partition coefficient (Wildman–Crippen LogP) is 5.01. The van der Waals surface area contributed by atoms with Gasteiger partial charge in [0.1, 0.15) is 24.1 Å². The second kappa shape index (κ2) is 10.6. The number of alkyl halides is 4. The highest BCUT2D eigenvalue weighted by molar-refractivity contribution is 6.10. The van der Waals surface area contributed by atoms with E-state index in [1.165, 1.54) is 4.90 Å². The van der Waals surface area contributed by atoms with Crippen molar-refractivity contribution in [1.29, 1.82) is 0 Å². The first-order valence-corrected chi connectivity index (χ1v) is 14.1. The summed E-state index contributed by atoms with van der Waals surface area (Å²) in [6, 6.07) is 7.63. The van der Waals surface area contributed by atoms with Gasteiger partial charge in [-0.2, -0.15) is 13.2 Å². The molecule has 0 bridgehead atoms. The lowest BCUT2D eigenvalue weighted by molar-refractivity contribution is -0.138. The van der Waals surface area contributed by atoms with E-state index in [4.69, 9.17) is 9.47 Å². The number of likely N-dealkylation sites (tertiary alicyclic amines) is 1. The van der Waals surface area contributed by atoms with Crippen LogP contribution in [0.3, 0.4) is 0 Å². The number of aromatic nitrogens is 3. The van der Waals surface area contributed by atoms with E-state index in [0.717, 1.165) is 17.5 Å². The molecule has 1 amide bonds. The summed E-state index contributed by atoms with van der Waals surface area (Å²) >= 11 is 0. The van der Waals surface area contributed by atoms with Crippen LogP contribution in [0.1, 0.15) is 64.7 Å². The second-order valence-corrected chi connectivity index (χ2v) is 11.5. The number of hydrogen-bond donors (Lipinski definition) is 0. The molecule has 6 rings (SSSR count). The normalized spacial score (nSPS) is 21.0. The molecule has 2 atom stereocenters. The van der Waals surface area contributed by atoms with Gasteiger partial charge in [0.05, 0.1) is 31.9 Å². The van der Waals surface area contributed by atoms with Crippen LogP contribution in [0.5, 0.6) is 5.75 Å². The van der Waals surface area contributed by atoms with Crippen LogP contribution in [0.2, 0.25) is 0 Å². The van der Waals surface area contributed by atoms with Gasteiger partial charge in [-0.1, -0.05) is 0 Å². The lowest BCUT2D eigenvalue weighted by Gasteiger charge is -2.42. The van der Waals surface area contributed by atoms with Gasteiger partial charge in [-0.25, -0.2) is 4.39 Å². The molecule has 2 fully saturated rings. The minimum Gasteiger partial charge on any atom is -0.494 e. The lowest BCUT2D eigenvalue weighted by atomic mass is 9.75. The molecule has 3 aliphatic rings. The molecule has 8 nitrogen and oxygen atoms in total. The molecule has 1 unspecified atom stereocenters. The first-order valence-electron chi connectivity index (χ1n) is 14.1. The number of fused-ring (bicyclic) bond motifs is 1. The number of halogens is 4. The summed E-state index contributed by atoms with van der Waals surface area (Å²) in [6.07, 6.45) is -3.17. The number of nitrogens with zero attached hydrogens (tertiary/aromatic N) is 5. The topological polar surface area (TPSA) is 72.7 Å². The molecular formula is C30H33F4N5O3. The predicted molar refractivity (Wildman–Crippen MR) is 146 cm³/mol. The van der Waals surface area contributed by atoms with Crippen molar-refractivity contribution in [3.63, 3.8) is 0 Å². The minimum absolute atomic E-state index is 0.0202. The van der Waals surface area contributed by atoms with E-state index in [2.05, 4.69) is 10.2 Å². The maximum Gasteiger partial charge on any atom is 0.416 e. The molecular weight excluding hydrogens is 554 g/mol. The Kier molecular flexibility index (Phi) is 7.25. The van der Waals surface area contributed by atoms with Gasteiger partial charge >= 0.3 is 6.18 Å². The molecule has 12 heteroatoms. The number of ether oxygens (including phenoxy) is 2. The summed E-state index contributed by atoms with van der Waals surface area (Å²) in [5, 5.41) is 8.20. The van der Waals surface area contributed by atoms with Crippen molar-refractivity contribution in [1.82, 2.24) is 19.7 Å². The first kappa shape index (κ1) is 28.6. The Labute approximate surface area is 241 Å². The smallest absolute Gasteiger partial charge is 0.416 e. The third kappa shape index (κ3) is 5.04. The third-order valence-electron chi connectivity index (χ3n) is 8.75. The number of anilines is 1. The van der Waals surface area contributed by atoms with Gasteiger partial charge in [0.15, 0.2) is 0 Å². The van der Waals surface area contributed by atoms with Gasteiger partial charge < -0.3 is 18.9 Å². The lowest BCUT2D eigenvalue weighted by Crippen LogP contribution is -2.49. The monoisotopic (exact) mass is 587 g/mol. The number of carbonyl (C=O) groups excluding carboxylic acids is 1. The molecule has 0 saturated carbocycles. The zero-order valence-electron chi connectivity index (χ0n) is 23.7. The maximum absolute atomic E-state index is 14.4. The summed E-state index contributed by atoms with van der Waals surface area (Å²) in [5.41, 5.74) is 0.321. The fraction of sp³-hybridized carbons (Fsp3) is 0.500. The Bertz CT molecular complexity index is 1500. The minimum atomic E-state index is -4.66. The molecule has 42 heavy (non-hydrogen) atoms. The van der Waals surface area contributed by atoms with Gasteiger partial charge in [-0.05, 0) is 61.2 Å². The molecule has 2 aromatic carbocycles. The molecule has 2 saturated heterocycles. The third-order valence-corrected chi connectivity index (χ3v) is 8.75. The van der Waals surface area contributed by atoms with E-state index in [-0.39, 0.29) is 24.2 Å². The van der Waals surface area contributed by atoms with Crippen LogP contribution in [0.15, 0.2) is 36.7 Å². The molecule has 1 aromatic heterocycles. The Balaban J connectivity index is 1.39. The van der Waals surface area contributed by atoms with Crippen LogP contribution >= 0.6 is 0 Å². The number of rotatable bonds is 8. The second-order valence-electron chi connectivity index (χ2n) is 11.5. The van der Waals surface area contributed by atoms with E-state index < -0.39 is 35.3 Å². The van der Waals surface area contributed by atoms with Crippen molar-refractivity contribution in [2.24, 2.45) is 7.05 Å². The Hall–Kier alpha value is -3.51. The van der Waals surface area contributed by atoms with Gasteiger partial charge in [0, 0.05) is 55.3 Å². The summed E-state index contributed by atoms with van der Waals surface area (Å²) in [6.45, 7) is 5.19. The zero-order valence-corrected chi connectivity index (χ0v) is 23.7. The molecule has 0 spiro atoms. The largest absolute Gasteiger partial charge is 0.494 e. The van der Waals surface area contributed by atoms with Crippen molar-refractivity contribution >= 4 is 11.6 Å². The van der Waals surface area contributed by atoms with Crippen LogP contribution < -0.4 is 9.64 Å². The highest BCUT2D eigenvalue weighted by Gasteiger charge is 2.44. The van der Waals surface area contributed by atoms with Gasteiger partial charge in [-0.15, -0.1) is 10.2 Å². The van der Waals surface area contributed by atoms with Gasteiger partial charge in [0.25, 0.3) is 5.91 Å². The van der Waals surface area contributed by atoms with E-state index in [9.17, 15) is 22.4 Å². The Morgan fingerprint density at radius 1 is 1.19 bits per heavy atom. The van der Waals surface area contributed by atoms with Gasteiger partial charge in [-0.3, -0.25) is 9.69 Å². The number of aryl methyl sites for hydroxylation is 1. The fourth-order valence-corrected chi connectivity index (χ4v) is 6.22. The Morgan fingerprint density at radius 3 is 2.57 bits per heavy atom. The van der Waals surface area contributed by atoms with E-state index in [1.54, 1.807) is 25.4 Å². The van der Waals surface area contributed by atoms with Crippen molar-refractivity contribution in [3.05, 3.63) is 70.3 Å². The number of hydrogen-bond acceptors (Lipinski definition) is 6. The summed E-state index contributed by atoms with van der Waals surface area (Å²) in [5.74, 6) is 0.763. The zero-order chi connectivity index (χ0) is 29.8. The van der Waals surface area contributed by atoms with Crippen LogP contribution in [0.4, 0.5) is 23.2 Å². The summed E-state index contributed by atoms with van der Waals surface area (Å²) in [7, 11) is 1.86. The SMILES string of the molecule is CCOc1cc(N2Cc3c(cc(C(C)N4CC[C@H](F)C4)cc3C(F)(F)F)C2=O)cc(C2(Cc3nncn3C)COC2)c1. The fourth-order valence-electron chi connectivity index (χ4n) is 6.22. The van der Waals surface area contributed by atoms with Crippen LogP contribution in [-0.2, 0) is 36.3 Å². The molecule has 4 heterocycles.